The van der Waals surface area contributed by atoms with Crippen molar-refractivity contribution in [2.75, 3.05) is 38.3 Å². The quantitative estimate of drug-likeness (QED) is 0.336. The molecule has 6 heteroatoms. The summed E-state index contributed by atoms with van der Waals surface area (Å²) >= 11 is 0. The van der Waals surface area contributed by atoms with Crippen LogP contribution in [-0.4, -0.2) is 44.2 Å². The van der Waals surface area contributed by atoms with Crippen LogP contribution >= 0.6 is 0 Å². The van der Waals surface area contributed by atoms with E-state index in [4.69, 9.17) is 9.47 Å². The first-order chi connectivity index (χ1) is 18.1. The standard InChI is InChI=1S/C31H29FN2O3/c1-36-25-10-6-21(7-11-25)19-34-29-12-9-23(26-3-2-4-27(30(26)29)31(34)35)17-22-5-8-24(28(32)18-22)20-33-13-15-37-16-14-33/h2-12,18H,13-17,19-20H2,1H3. The summed E-state index contributed by atoms with van der Waals surface area (Å²) in [4.78, 5) is 17.4. The number of amides is 1. The van der Waals surface area contributed by atoms with Crippen molar-refractivity contribution in [3.05, 3.63) is 106 Å². The molecule has 0 atom stereocenters. The molecule has 0 saturated carbocycles. The van der Waals surface area contributed by atoms with Gasteiger partial charge in [0.1, 0.15) is 11.6 Å². The van der Waals surface area contributed by atoms with E-state index in [0.717, 1.165) is 57.6 Å². The van der Waals surface area contributed by atoms with E-state index in [0.29, 0.717) is 38.3 Å². The molecule has 1 fully saturated rings. The zero-order valence-electron chi connectivity index (χ0n) is 20.9. The highest BCUT2D eigenvalue weighted by atomic mass is 19.1. The van der Waals surface area contributed by atoms with Crippen molar-refractivity contribution in [1.82, 2.24) is 4.90 Å². The van der Waals surface area contributed by atoms with Crippen LogP contribution in [0.25, 0.3) is 10.8 Å². The average Bonchev–Trinajstić information content (AvgIpc) is 3.20. The van der Waals surface area contributed by atoms with Crippen molar-refractivity contribution in [1.29, 1.82) is 0 Å². The highest BCUT2D eigenvalue weighted by molar-refractivity contribution is 6.25. The third-order valence-electron chi connectivity index (χ3n) is 7.38. The Morgan fingerprint density at radius 1 is 0.892 bits per heavy atom. The summed E-state index contributed by atoms with van der Waals surface area (Å²) in [5, 5.41) is 2.02. The highest BCUT2D eigenvalue weighted by Gasteiger charge is 2.30. The number of methoxy groups -OCH3 is 1. The number of benzene rings is 4. The average molecular weight is 497 g/mol. The molecule has 1 amide bonds. The first-order valence-electron chi connectivity index (χ1n) is 12.7. The minimum absolute atomic E-state index is 0.00655. The zero-order valence-corrected chi connectivity index (χ0v) is 20.9. The number of ether oxygens (including phenoxy) is 2. The predicted octanol–water partition coefficient (Wildman–Crippen LogP) is 5.57. The van der Waals surface area contributed by atoms with Gasteiger partial charge in [-0.05, 0) is 58.8 Å². The molecule has 4 aromatic carbocycles. The van der Waals surface area contributed by atoms with E-state index in [2.05, 4.69) is 17.0 Å². The van der Waals surface area contributed by atoms with Crippen molar-refractivity contribution < 1.29 is 18.7 Å². The lowest BCUT2D eigenvalue weighted by Crippen LogP contribution is -2.35. The number of rotatable bonds is 7. The fourth-order valence-corrected chi connectivity index (χ4v) is 5.38. The third kappa shape index (κ3) is 4.59. The van der Waals surface area contributed by atoms with Gasteiger partial charge >= 0.3 is 0 Å². The van der Waals surface area contributed by atoms with Crippen molar-refractivity contribution in [2.24, 2.45) is 0 Å². The van der Waals surface area contributed by atoms with E-state index < -0.39 is 0 Å². The van der Waals surface area contributed by atoms with Crippen molar-refractivity contribution in [3.63, 3.8) is 0 Å². The molecular formula is C31H29FN2O3. The maximum absolute atomic E-state index is 15.0. The second kappa shape index (κ2) is 9.96. The van der Waals surface area contributed by atoms with Gasteiger partial charge < -0.3 is 14.4 Å². The Bertz CT molecular complexity index is 1460. The minimum Gasteiger partial charge on any atom is -0.497 e. The Morgan fingerprint density at radius 3 is 2.41 bits per heavy atom. The van der Waals surface area contributed by atoms with Crippen molar-refractivity contribution in [2.45, 2.75) is 19.5 Å². The maximum Gasteiger partial charge on any atom is 0.259 e. The molecule has 2 aliphatic rings. The largest absolute Gasteiger partial charge is 0.497 e. The summed E-state index contributed by atoms with van der Waals surface area (Å²) in [7, 11) is 1.64. The van der Waals surface area contributed by atoms with Gasteiger partial charge in [0.25, 0.3) is 5.91 Å². The van der Waals surface area contributed by atoms with Gasteiger partial charge in [0.15, 0.2) is 0 Å². The van der Waals surface area contributed by atoms with Crippen LogP contribution in [0.2, 0.25) is 0 Å². The fraction of sp³-hybridized carbons (Fsp3) is 0.258. The molecule has 0 aromatic heterocycles. The van der Waals surface area contributed by atoms with E-state index in [-0.39, 0.29) is 11.7 Å². The maximum atomic E-state index is 15.0. The van der Waals surface area contributed by atoms with E-state index in [1.54, 1.807) is 13.2 Å². The van der Waals surface area contributed by atoms with E-state index in [1.165, 1.54) is 0 Å². The Hall–Kier alpha value is -3.74. The molecule has 0 unspecified atom stereocenters. The summed E-state index contributed by atoms with van der Waals surface area (Å²) in [5.74, 6) is 0.625. The van der Waals surface area contributed by atoms with E-state index in [1.807, 2.05) is 59.5 Å². The molecule has 188 valence electrons. The normalized spacial score (nSPS) is 15.5. The number of carbonyl (C=O) groups excluding carboxylic acids is 1. The molecule has 1 saturated heterocycles. The SMILES string of the molecule is COc1ccc(CN2C(=O)c3cccc4c(Cc5ccc(CN6CCOCC6)c(F)c5)ccc2c34)cc1. The van der Waals surface area contributed by atoms with Gasteiger partial charge in [-0.25, -0.2) is 4.39 Å². The van der Waals surface area contributed by atoms with Gasteiger partial charge in [0, 0.05) is 36.1 Å². The molecule has 37 heavy (non-hydrogen) atoms. The molecule has 2 heterocycles. The molecule has 4 aromatic rings. The monoisotopic (exact) mass is 496 g/mol. The number of halogens is 1. The molecule has 0 aliphatic carbocycles. The Morgan fingerprint density at radius 2 is 1.65 bits per heavy atom. The van der Waals surface area contributed by atoms with Crippen molar-refractivity contribution >= 4 is 22.4 Å². The van der Waals surface area contributed by atoms with Crippen LogP contribution in [0.5, 0.6) is 5.75 Å². The Labute approximate surface area is 216 Å². The lowest BCUT2D eigenvalue weighted by Gasteiger charge is -2.26. The van der Waals surface area contributed by atoms with Gasteiger partial charge in [0.2, 0.25) is 0 Å². The second-order valence-corrected chi connectivity index (χ2v) is 9.70. The smallest absolute Gasteiger partial charge is 0.259 e. The number of carbonyl (C=O) groups is 1. The van der Waals surface area contributed by atoms with Gasteiger partial charge in [-0.15, -0.1) is 0 Å². The zero-order chi connectivity index (χ0) is 25.4. The van der Waals surface area contributed by atoms with Gasteiger partial charge in [0.05, 0.1) is 32.6 Å². The van der Waals surface area contributed by atoms with E-state index >= 15 is 4.39 Å². The molecule has 0 radical (unpaired) electrons. The van der Waals surface area contributed by atoms with Gasteiger partial charge in [-0.2, -0.15) is 0 Å². The van der Waals surface area contributed by atoms with Crippen LogP contribution in [0.1, 0.15) is 32.6 Å². The van der Waals surface area contributed by atoms with Crippen LogP contribution in [-0.2, 0) is 24.2 Å². The third-order valence-corrected chi connectivity index (χ3v) is 7.38. The van der Waals surface area contributed by atoms with Crippen LogP contribution in [0.4, 0.5) is 10.1 Å². The summed E-state index contributed by atoms with van der Waals surface area (Å²) in [5.41, 5.74) is 5.39. The lowest BCUT2D eigenvalue weighted by molar-refractivity contribution is 0.0337. The first kappa shape index (κ1) is 23.6. The Kier molecular flexibility index (Phi) is 6.37. The molecule has 0 spiro atoms. The number of hydrogen-bond donors (Lipinski definition) is 0. The predicted molar refractivity (Wildman–Crippen MR) is 143 cm³/mol. The minimum atomic E-state index is -0.171. The second-order valence-electron chi connectivity index (χ2n) is 9.70. The summed E-state index contributed by atoms with van der Waals surface area (Å²) < 4.78 is 25.7. The van der Waals surface area contributed by atoms with Crippen LogP contribution in [0, 0.1) is 5.82 Å². The topological polar surface area (TPSA) is 42.0 Å². The van der Waals surface area contributed by atoms with E-state index in [9.17, 15) is 4.79 Å². The molecular weight excluding hydrogens is 467 g/mol. The van der Waals surface area contributed by atoms with Crippen molar-refractivity contribution in [3.8, 4) is 5.75 Å². The van der Waals surface area contributed by atoms with Crippen LogP contribution < -0.4 is 9.64 Å². The first-order valence-corrected chi connectivity index (χ1v) is 12.7. The lowest BCUT2D eigenvalue weighted by atomic mass is 9.95. The van der Waals surface area contributed by atoms with Crippen LogP contribution in [0.3, 0.4) is 0 Å². The van der Waals surface area contributed by atoms with Gasteiger partial charge in [-0.1, -0.05) is 42.5 Å². The number of hydrogen-bond acceptors (Lipinski definition) is 4. The molecule has 6 rings (SSSR count). The molecule has 0 bridgehead atoms. The summed E-state index contributed by atoms with van der Waals surface area (Å²) in [6, 6.07) is 23.3. The number of nitrogens with zero attached hydrogens (tertiary/aromatic N) is 2. The summed E-state index contributed by atoms with van der Waals surface area (Å²) in [6.45, 7) is 4.14. The molecule has 0 N–H and O–H groups in total. The number of anilines is 1. The Balaban J connectivity index is 1.26. The number of morpholine rings is 1. The van der Waals surface area contributed by atoms with Crippen LogP contribution in [0.15, 0.2) is 72.8 Å². The highest BCUT2D eigenvalue weighted by Crippen LogP contribution is 2.40. The summed E-state index contributed by atoms with van der Waals surface area (Å²) in [6.07, 6.45) is 0.599. The molecule has 2 aliphatic heterocycles. The molecule has 5 nitrogen and oxygen atoms in total. The van der Waals surface area contributed by atoms with Gasteiger partial charge in [-0.3, -0.25) is 9.69 Å². The fourth-order valence-electron chi connectivity index (χ4n) is 5.38.